The molecular formula is C27H32F2N2O. The number of likely N-dealkylation sites (tertiary alicyclic amines) is 2. The van der Waals surface area contributed by atoms with E-state index in [4.69, 9.17) is 0 Å². The molecule has 2 aromatic rings. The number of carbonyl (C=O) groups is 1. The van der Waals surface area contributed by atoms with Crippen LogP contribution in [0.25, 0.3) is 0 Å². The zero-order chi connectivity index (χ0) is 22.1. The Balaban J connectivity index is 1.25. The van der Waals surface area contributed by atoms with Crippen molar-refractivity contribution in [1.29, 1.82) is 0 Å². The Bertz CT molecular complexity index is 949. The largest absolute Gasteiger partial charge is 0.342 e. The molecule has 2 atom stereocenters. The molecule has 0 radical (unpaired) electrons. The Morgan fingerprint density at radius 1 is 0.906 bits per heavy atom. The number of halogens is 2. The normalized spacial score (nSPS) is 25.5. The predicted octanol–water partition coefficient (Wildman–Crippen LogP) is 5.11. The first-order valence-corrected chi connectivity index (χ1v) is 12.1. The molecule has 0 bridgehead atoms. The van der Waals surface area contributed by atoms with Crippen LogP contribution in [0.4, 0.5) is 8.78 Å². The maximum atomic E-state index is 13.8. The lowest BCUT2D eigenvalue weighted by atomic mass is 9.71. The van der Waals surface area contributed by atoms with Crippen LogP contribution in [0.5, 0.6) is 0 Å². The molecule has 0 unspecified atom stereocenters. The summed E-state index contributed by atoms with van der Waals surface area (Å²) in [5.41, 5.74) is 1.64. The van der Waals surface area contributed by atoms with Gasteiger partial charge in [-0.1, -0.05) is 36.4 Å². The molecule has 0 N–H and O–H groups in total. The quantitative estimate of drug-likeness (QED) is 0.647. The van der Waals surface area contributed by atoms with Crippen LogP contribution in [-0.2, 0) is 10.2 Å². The van der Waals surface area contributed by atoms with Gasteiger partial charge in [-0.25, -0.2) is 8.78 Å². The second-order valence-electron chi connectivity index (χ2n) is 9.88. The highest BCUT2D eigenvalue weighted by Gasteiger charge is 2.46. The Labute approximate surface area is 189 Å². The zero-order valence-corrected chi connectivity index (χ0v) is 18.6. The van der Waals surface area contributed by atoms with E-state index in [1.54, 1.807) is 6.07 Å². The highest BCUT2D eigenvalue weighted by molar-refractivity contribution is 5.88. The SMILES string of the molecule is O=C(N1CCCCC1)C1(c2ccccc2)CCN(C[C@@H]2C[C@@H]2c2ccc(F)c(F)c2)CC1. The predicted molar refractivity (Wildman–Crippen MR) is 121 cm³/mol. The van der Waals surface area contributed by atoms with Gasteiger partial charge in [0.2, 0.25) is 5.91 Å². The van der Waals surface area contributed by atoms with Gasteiger partial charge in [0, 0.05) is 19.6 Å². The molecule has 1 amide bonds. The van der Waals surface area contributed by atoms with Gasteiger partial charge < -0.3 is 9.80 Å². The molecule has 3 nitrogen and oxygen atoms in total. The van der Waals surface area contributed by atoms with E-state index >= 15 is 0 Å². The van der Waals surface area contributed by atoms with Crippen molar-refractivity contribution in [2.75, 3.05) is 32.7 Å². The maximum Gasteiger partial charge on any atom is 0.233 e. The minimum absolute atomic E-state index is 0.314. The molecule has 2 aliphatic heterocycles. The number of benzene rings is 2. The fourth-order valence-corrected chi connectivity index (χ4v) is 5.83. The van der Waals surface area contributed by atoms with E-state index in [9.17, 15) is 13.6 Å². The van der Waals surface area contributed by atoms with Gasteiger partial charge >= 0.3 is 0 Å². The minimum Gasteiger partial charge on any atom is -0.342 e. The van der Waals surface area contributed by atoms with Crippen LogP contribution in [0, 0.1) is 17.6 Å². The van der Waals surface area contributed by atoms with Crippen LogP contribution >= 0.6 is 0 Å². The topological polar surface area (TPSA) is 23.6 Å². The molecule has 32 heavy (non-hydrogen) atoms. The third-order valence-corrected chi connectivity index (χ3v) is 7.88. The number of nitrogens with zero attached hydrogens (tertiary/aromatic N) is 2. The molecule has 5 rings (SSSR count). The van der Waals surface area contributed by atoms with Gasteiger partial charge in [-0.15, -0.1) is 0 Å². The summed E-state index contributed by atoms with van der Waals surface area (Å²) in [5.74, 6) is -0.412. The van der Waals surface area contributed by atoms with Crippen molar-refractivity contribution in [2.45, 2.75) is 49.9 Å². The van der Waals surface area contributed by atoms with Gasteiger partial charge in [0.25, 0.3) is 0 Å². The number of hydrogen-bond donors (Lipinski definition) is 0. The second kappa shape index (κ2) is 8.93. The first kappa shape index (κ1) is 21.6. The summed E-state index contributed by atoms with van der Waals surface area (Å²) in [4.78, 5) is 18.3. The van der Waals surface area contributed by atoms with Gasteiger partial charge in [0.05, 0.1) is 5.41 Å². The van der Waals surface area contributed by atoms with E-state index in [-0.39, 0.29) is 0 Å². The lowest BCUT2D eigenvalue weighted by Gasteiger charge is -2.44. The first-order chi connectivity index (χ1) is 15.6. The monoisotopic (exact) mass is 438 g/mol. The first-order valence-electron chi connectivity index (χ1n) is 12.1. The molecule has 5 heteroatoms. The van der Waals surface area contributed by atoms with Gasteiger partial charge in [-0.2, -0.15) is 0 Å². The summed E-state index contributed by atoms with van der Waals surface area (Å²) in [6.45, 7) is 4.53. The van der Waals surface area contributed by atoms with E-state index in [0.29, 0.717) is 17.7 Å². The summed E-state index contributed by atoms with van der Waals surface area (Å²) >= 11 is 0. The van der Waals surface area contributed by atoms with Crippen LogP contribution in [0.1, 0.15) is 55.6 Å². The average molecular weight is 439 g/mol. The smallest absolute Gasteiger partial charge is 0.233 e. The van der Waals surface area contributed by atoms with Gasteiger partial charge in [-0.05, 0) is 86.7 Å². The fourth-order valence-electron chi connectivity index (χ4n) is 5.83. The van der Waals surface area contributed by atoms with E-state index in [1.165, 1.54) is 18.6 Å². The average Bonchev–Trinajstić information content (AvgIpc) is 3.61. The Morgan fingerprint density at radius 2 is 1.62 bits per heavy atom. The summed E-state index contributed by atoms with van der Waals surface area (Å²) in [6.07, 6.45) is 6.14. The molecule has 1 saturated carbocycles. The summed E-state index contributed by atoms with van der Waals surface area (Å²) in [6, 6.07) is 14.7. The number of rotatable bonds is 5. The van der Waals surface area contributed by atoms with Crippen molar-refractivity contribution >= 4 is 5.91 Å². The molecule has 3 fully saturated rings. The highest BCUT2D eigenvalue weighted by atomic mass is 19.2. The lowest BCUT2D eigenvalue weighted by Crippen LogP contribution is -2.54. The van der Waals surface area contributed by atoms with Crippen LogP contribution in [0.2, 0.25) is 0 Å². The molecule has 0 spiro atoms. The fraction of sp³-hybridized carbons (Fsp3) is 0.519. The lowest BCUT2D eigenvalue weighted by molar-refractivity contribution is -0.140. The van der Waals surface area contributed by atoms with E-state index in [0.717, 1.165) is 76.0 Å². The molecule has 0 aromatic heterocycles. The summed E-state index contributed by atoms with van der Waals surface area (Å²) in [7, 11) is 0. The van der Waals surface area contributed by atoms with Crippen molar-refractivity contribution < 1.29 is 13.6 Å². The van der Waals surface area contributed by atoms with Gasteiger partial charge in [0.15, 0.2) is 11.6 Å². The second-order valence-corrected chi connectivity index (χ2v) is 9.88. The molecular weight excluding hydrogens is 406 g/mol. The van der Waals surface area contributed by atoms with E-state index < -0.39 is 17.0 Å². The number of carbonyl (C=O) groups excluding carboxylic acids is 1. The van der Waals surface area contributed by atoms with Crippen LogP contribution in [0.15, 0.2) is 48.5 Å². The van der Waals surface area contributed by atoms with Crippen molar-refractivity contribution in [3.05, 3.63) is 71.3 Å². The van der Waals surface area contributed by atoms with E-state index in [1.807, 2.05) is 18.2 Å². The van der Waals surface area contributed by atoms with Gasteiger partial charge in [-0.3, -0.25) is 4.79 Å². The van der Waals surface area contributed by atoms with Crippen molar-refractivity contribution in [3.63, 3.8) is 0 Å². The Kier molecular flexibility index (Phi) is 6.02. The highest BCUT2D eigenvalue weighted by Crippen LogP contribution is 2.49. The number of piperidine rings is 2. The third-order valence-electron chi connectivity index (χ3n) is 7.88. The third kappa shape index (κ3) is 4.19. The van der Waals surface area contributed by atoms with Crippen LogP contribution in [0.3, 0.4) is 0 Å². The van der Waals surface area contributed by atoms with Crippen molar-refractivity contribution in [1.82, 2.24) is 9.80 Å². The van der Waals surface area contributed by atoms with Crippen molar-refractivity contribution in [3.8, 4) is 0 Å². The van der Waals surface area contributed by atoms with Crippen LogP contribution < -0.4 is 0 Å². The molecule has 1 aliphatic carbocycles. The zero-order valence-electron chi connectivity index (χ0n) is 18.6. The van der Waals surface area contributed by atoms with Crippen LogP contribution in [-0.4, -0.2) is 48.4 Å². The summed E-state index contributed by atoms with van der Waals surface area (Å²) in [5, 5.41) is 0. The standard InChI is InChI=1S/C27H32F2N2O/c28-24-10-9-20(18-25(24)29)23-17-21(23)19-30-15-11-27(12-16-30,22-7-3-1-4-8-22)26(32)31-13-5-2-6-14-31/h1,3-4,7-10,18,21,23H,2,5-6,11-17,19H2/t21-,23+/m0/s1. The van der Waals surface area contributed by atoms with E-state index in [2.05, 4.69) is 21.9 Å². The number of hydrogen-bond acceptors (Lipinski definition) is 2. The summed E-state index contributed by atoms with van der Waals surface area (Å²) < 4.78 is 26.9. The maximum absolute atomic E-state index is 13.8. The minimum atomic E-state index is -0.780. The molecule has 2 saturated heterocycles. The molecule has 3 aliphatic rings. The Morgan fingerprint density at radius 3 is 2.31 bits per heavy atom. The molecule has 2 heterocycles. The molecule has 2 aromatic carbocycles. The van der Waals surface area contributed by atoms with Gasteiger partial charge in [0.1, 0.15) is 0 Å². The van der Waals surface area contributed by atoms with Crippen molar-refractivity contribution in [2.24, 2.45) is 5.92 Å². The molecule has 170 valence electrons. The number of amides is 1. The Hall–Kier alpha value is -2.27.